The molecule has 6 heteroatoms. The molecule has 3 aliphatic rings. The Labute approximate surface area is 156 Å². The lowest BCUT2D eigenvalue weighted by molar-refractivity contribution is -0.126. The summed E-state index contributed by atoms with van der Waals surface area (Å²) in [5, 5.41) is 3.24. The first-order valence-electron chi connectivity index (χ1n) is 10.3. The van der Waals surface area contributed by atoms with Crippen LogP contribution in [0.5, 0.6) is 0 Å². The first-order chi connectivity index (χ1) is 12.8. The number of carbonyl (C=O) groups is 1. The number of nitrogens with zero attached hydrogens (tertiary/aromatic N) is 2. The molecule has 0 radical (unpaired) electrons. The molecule has 1 amide bonds. The monoisotopic (exact) mass is 357 g/mol. The van der Waals surface area contributed by atoms with Gasteiger partial charge < -0.3 is 5.32 Å². The Hall–Kier alpha value is -1.50. The van der Waals surface area contributed by atoms with E-state index < -0.39 is 0 Å². The Morgan fingerprint density at radius 1 is 1.19 bits per heavy atom. The van der Waals surface area contributed by atoms with Crippen molar-refractivity contribution in [2.24, 2.45) is 5.92 Å². The number of likely N-dealkylation sites (tertiary alicyclic amines) is 1. The molecule has 2 saturated heterocycles. The third-order valence-corrected chi connectivity index (χ3v) is 6.29. The Balaban J connectivity index is 1.40. The molecule has 4 rings (SSSR count). The van der Waals surface area contributed by atoms with Gasteiger partial charge in [0.1, 0.15) is 6.04 Å². The van der Waals surface area contributed by atoms with Crippen LogP contribution in [0.15, 0.2) is 24.5 Å². The van der Waals surface area contributed by atoms with E-state index in [0.717, 1.165) is 18.7 Å². The van der Waals surface area contributed by atoms with Crippen molar-refractivity contribution in [3.8, 4) is 0 Å². The number of amides is 1. The van der Waals surface area contributed by atoms with Gasteiger partial charge in [0.05, 0.1) is 0 Å². The molecule has 3 heterocycles. The molecule has 1 aliphatic carbocycles. The molecular formula is C20H31N5O. The summed E-state index contributed by atoms with van der Waals surface area (Å²) >= 11 is 0. The second-order valence-electron chi connectivity index (χ2n) is 7.98. The van der Waals surface area contributed by atoms with Crippen LogP contribution in [-0.2, 0) is 4.79 Å². The molecule has 3 fully saturated rings. The number of hydrogen-bond donors (Lipinski definition) is 3. The fourth-order valence-corrected chi connectivity index (χ4v) is 4.89. The van der Waals surface area contributed by atoms with Crippen LogP contribution in [0.3, 0.4) is 0 Å². The molecule has 0 bridgehead atoms. The lowest BCUT2D eigenvalue weighted by Gasteiger charge is -2.28. The van der Waals surface area contributed by atoms with Crippen LogP contribution in [0.2, 0.25) is 0 Å². The number of fused-ring (bicyclic) bond motifs is 1. The lowest BCUT2D eigenvalue weighted by Crippen LogP contribution is -2.46. The second-order valence-corrected chi connectivity index (χ2v) is 7.98. The molecule has 3 N–H and O–H groups in total. The van der Waals surface area contributed by atoms with Crippen molar-refractivity contribution in [3.63, 3.8) is 0 Å². The van der Waals surface area contributed by atoms with Crippen molar-refractivity contribution >= 4 is 5.91 Å². The van der Waals surface area contributed by atoms with Crippen molar-refractivity contribution < 1.29 is 4.79 Å². The van der Waals surface area contributed by atoms with Gasteiger partial charge in [-0.25, -0.2) is 0 Å². The van der Waals surface area contributed by atoms with E-state index in [1.54, 1.807) is 6.20 Å². The van der Waals surface area contributed by atoms with Gasteiger partial charge in [-0.15, -0.1) is 0 Å². The highest BCUT2D eigenvalue weighted by Gasteiger charge is 2.37. The quantitative estimate of drug-likeness (QED) is 0.749. The van der Waals surface area contributed by atoms with Gasteiger partial charge in [0.25, 0.3) is 0 Å². The maximum Gasteiger partial charge on any atom is 0.242 e. The van der Waals surface area contributed by atoms with Crippen LogP contribution in [0, 0.1) is 5.92 Å². The van der Waals surface area contributed by atoms with E-state index in [9.17, 15) is 4.79 Å². The normalized spacial score (nSPS) is 30.5. The van der Waals surface area contributed by atoms with Crippen LogP contribution >= 0.6 is 0 Å². The Morgan fingerprint density at radius 2 is 2.04 bits per heavy atom. The zero-order valence-corrected chi connectivity index (χ0v) is 15.5. The molecule has 2 aliphatic heterocycles. The minimum absolute atomic E-state index is 0.110. The molecule has 4 atom stereocenters. The summed E-state index contributed by atoms with van der Waals surface area (Å²) in [4.78, 5) is 19.6. The summed E-state index contributed by atoms with van der Waals surface area (Å²) < 4.78 is 0. The molecule has 4 unspecified atom stereocenters. The Bertz CT molecular complexity index is 589. The number of carbonyl (C=O) groups excluding carboxylic acids is 1. The zero-order valence-electron chi connectivity index (χ0n) is 15.5. The molecule has 1 aromatic rings. The number of pyridine rings is 1. The van der Waals surface area contributed by atoms with E-state index in [4.69, 9.17) is 0 Å². The number of aromatic nitrogens is 1. The highest BCUT2D eigenvalue weighted by atomic mass is 16.2. The maximum absolute atomic E-state index is 13.1. The van der Waals surface area contributed by atoms with Gasteiger partial charge in [-0.1, -0.05) is 25.3 Å². The molecule has 0 aromatic carbocycles. The largest absolute Gasteiger partial charge is 0.353 e. The highest BCUT2D eigenvalue weighted by Crippen LogP contribution is 2.29. The maximum atomic E-state index is 13.1. The van der Waals surface area contributed by atoms with Crippen molar-refractivity contribution in [2.45, 2.75) is 63.1 Å². The summed E-state index contributed by atoms with van der Waals surface area (Å²) in [7, 11) is 0. The molecule has 26 heavy (non-hydrogen) atoms. The second kappa shape index (κ2) is 8.46. The summed E-state index contributed by atoms with van der Waals surface area (Å²) in [5.41, 5.74) is 7.90. The van der Waals surface area contributed by atoms with Gasteiger partial charge in [-0.3, -0.25) is 25.5 Å². The fraction of sp³-hybridized carbons (Fsp3) is 0.700. The minimum Gasteiger partial charge on any atom is -0.353 e. The summed E-state index contributed by atoms with van der Waals surface area (Å²) in [6.45, 7) is 2.67. The average molecular weight is 358 g/mol. The Morgan fingerprint density at radius 3 is 2.85 bits per heavy atom. The molecule has 142 valence electrons. The van der Waals surface area contributed by atoms with Gasteiger partial charge in [0.2, 0.25) is 5.91 Å². The van der Waals surface area contributed by atoms with Gasteiger partial charge in [-0.2, -0.15) is 0 Å². The molecule has 6 nitrogen and oxygen atoms in total. The lowest BCUT2D eigenvalue weighted by atomic mass is 9.90. The molecule has 1 aromatic heterocycles. The first kappa shape index (κ1) is 17.9. The van der Waals surface area contributed by atoms with Crippen molar-refractivity contribution in [2.75, 3.05) is 19.6 Å². The topological polar surface area (TPSA) is 69.3 Å². The van der Waals surface area contributed by atoms with Crippen molar-refractivity contribution in [1.29, 1.82) is 0 Å². The van der Waals surface area contributed by atoms with Gasteiger partial charge in [-0.05, 0) is 56.3 Å². The van der Waals surface area contributed by atoms with E-state index in [0.29, 0.717) is 24.5 Å². The number of hydrazine groups is 1. The van der Waals surface area contributed by atoms with Gasteiger partial charge in [0, 0.05) is 31.0 Å². The van der Waals surface area contributed by atoms with E-state index in [1.807, 2.05) is 18.3 Å². The summed E-state index contributed by atoms with van der Waals surface area (Å²) in [5.74, 6) is 0.736. The van der Waals surface area contributed by atoms with E-state index in [2.05, 4.69) is 26.1 Å². The summed E-state index contributed by atoms with van der Waals surface area (Å²) in [6, 6.07) is 4.61. The Kier molecular flexibility index (Phi) is 5.82. The highest BCUT2D eigenvalue weighted by molar-refractivity contribution is 5.83. The van der Waals surface area contributed by atoms with Gasteiger partial charge in [0.15, 0.2) is 0 Å². The van der Waals surface area contributed by atoms with Crippen molar-refractivity contribution in [3.05, 3.63) is 30.1 Å². The van der Waals surface area contributed by atoms with E-state index in [-0.39, 0.29) is 11.9 Å². The third kappa shape index (κ3) is 3.92. The summed E-state index contributed by atoms with van der Waals surface area (Å²) in [6.07, 6.45) is 12.4. The SMILES string of the molecule is O=C(NCC1NNC2CCCCCC21)C(c1cccnc1)N1CCCC1. The number of nitrogens with one attached hydrogen (secondary N) is 3. The van der Waals surface area contributed by atoms with Crippen LogP contribution in [0.4, 0.5) is 0 Å². The minimum atomic E-state index is -0.217. The molecular weight excluding hydrogens is 326 g/mol. The van der Waals surface area contributed by atoms with Crippen LogP contribution in [0.25, 0.3) is 0 Å². The van der Waals surface area contributed by atoms with E-state index in [1.165, 1.54) is 44.9 Å². The van der Waals surface area contributed by atoms with Gasteiger partial charge >= 0.3 is 0 Å². The van der Waals surface area contributed by atoms with Crippen LogP contribution in [0.1, 0.15) is 56.6 Å². The smallest absolute Gasteiger partial charge is 0.242 e. The third-order valence-electron chi connectivity index (χ3n) is 6.29. The standard InChI is InChI=1S/C20H31N5O/c26-20(19(25-11-4-5-12-25)15-7-6-10-21-13-15)22-14-18-16-8-2-1-3-9-17(16)23-24-18/h6-7,10,13,16-19,23-24H,1-5,8-9,11-12,14H2,(H,22,26). The van der Waals surface area contributed by atoms with E-state index >= 15 is 0 Å². The van der Waals surface area contributed by atoms with Crippen LogP contribution in [-0.4, -0.2) is 47.5 Å². The average Bonchev–Trinajstić information content (AvgIpc) is 3.26. The predicted molar refractivity (Wildman–Crippen MR) is 101 cm³/mol. The van der Waals surface area contributed by atoms with Crippen molar-refractivity contribution in [1.82, 2.24) is 26.1 Å². The van der Waals surface area contributed by atoms with Crippen LogP contribution < -0.4 is 16.2 Å². The number of hydrogen-bond acceptors (Lipinski definition) is 5. The predicted octanol–water partition coefficient (Wildman–Crippen LogP) is 1.76. The zero-order chi connectivity index (χ0) is 17.8. The first-order valence-corrected chi connectivity index (χ1v) is 10.3. The molecule has 0 spiro atoms. The fourth-order valence-electron chi connectivity index (χ4n) is 4.89. The molecule has 1 saturated carbocycles. The number of rotatable bonds is 5.